The molecule has 2 atom stereocenters. The van der Waals surface area contributed by atoms with Crippen LogP contribution in [0.4, 0.5) is 8.78 Å². The zero-order valence-electron chi connectivity index (χ0n) is 22.1. The Bertz CT molecular complexity index is 1560. The smallest absolute Gasteiger partial charge is 0.255 e. The number of hydrogen-bond donors (Lipinski definition) is 1. The minimum absolute atomic E-state index is 0.00877. The Balaban J connectivity index is 1.40. The quantitative estimate of drug-likeness (QED) is 0.246. The Labute approximate surface area is 248 Å². The minimum atomic E-state index is -4.58. The first kappa shape index (κ1) is 30.7. The third-order valence-electron chi connectivity index (χ3n) is 6.59. The van der Waals surface area contributed by atoms with Crippen molar-refractivity contribution in [3.05, 3.63) is 118 Å². The molecular weight excluding hydrogens is 593 g/mol. The number of amides is 1. The zero-order valence-corrected chi connectivity index (χ0v) is 24.4. The van der Waals surface area contributed by atoms with E-state index in [9.17, 15) is 17.6 Å². The fourth-order valence-corrected chi connectivity index (χ4v) is 6.24. The van der Waals surface area contributed by atoms with Gasteiger partial charge in [-0.3, -0.25) is 4.79 Å². The maximum Gasteiger partial charge on any atom is 0.255 e. The second-order valence-electron chi connectivity index (χ2n) is 9.41. The Morgan fingerprint density at radius 1 is 1.05 bits per heavy atom. The molecule has 216 valence electrons. The average molecular weight is 622 g/mol. The molecule has 0 radical (unpaired) electrons. The Hall–Kier alpha value is -3.24. The number of nitrogens with zero attached hydrogens (tertiary/aromatic N) is 1. The number of carbonyl (C=O) groups is 1. The molecule has 0 bridgehead atoms. The van der Waals surface area contributed by atoms with E-state index in [1.165, 1.54) is 24.3 Å². The molecule has 3 aromatic carbocycles. The minimum Gasteiger partial charge on any atom is -0.493 e. The molecule has 0 fully saturated rings. The molecule has 1 amide bonds. The molecule has 4 rings (SSSR count). The van der Waals surface area contributed by atoms with Crippen LogP contribution in [0.3, 0.4) is 0 Å². The van der Waals surface area contributed by atoms with Crippen molar-refractivity contribution in [1.29, 1.82) is 0 Å². The summed E-state index contributed by atoms with van der Waals surface area (Å²) >= 11 is 12.0. The number of allylic oxidation sites excluding steroid dienone is 2. The van der Waals surface area contributed by atoms with Crippen LogP contribution in [0, 0.1) is 0 Å². The molecule has 2 unspecified atom stereocenters. The molecule has 41 heavy (non-hydrogen) atoms. The van der Waals surface area contributed by atoms with Gasteiger partial charge in [-0.1, -0.05) is 53.5 Å². The summed E-state index contributed by atoms with van der Waals surface area (Å²) in [5, 5.41) is 0.563. The lowest BCUT2D eigenvalue weighted by molar-refractivity contribution is 0.0788. The molecule has 0 saturated carbocycles. The average Bonchev–Trinajstić information content (AvgIpc) is 2.96. The summed E-state index contributed by atoms with van der Waals surface area (Å²) in [4.78, 5) is 13.9. The second-order valence-corrected chi connectivity index (χ2v) is 12.4. The molecule has 1 N–H and O–H groups in total. The summed E-state index contributed by atoms with van der Waals surface area (Å²) in [5.41, 5.74) is 1.03. The van der Waals surface area contributed by atoms with Gasteiger partial charge in [0.15, 0.2) is 0 Å². The first-order valence-electron chi connectivity index (χ1n) is 12.7. The third-order valence-corrected chi connectivity index (χ3v) is 9.28. The van der Waals surface area contributed by atoms with E-state index in [2.05, 4.69) is 5.32 Å². The molecule has 3 aromatic rings. The van der Waals surface area contributed by atoms with Gasteiger partial charge in [-0.25, -0.2) is 17.2 Å². The lowest BCUT2D eigenvalue weighted by Crippen LogP contribution is -2.51. The van der Waals surface area contributed by atoms with E-state index in [1.807, 2.05) is 0 Å². The summed E-state index contributed by atoms with van der Waals surface area (Å²) in [6.45, 7) is 0.677. The number of hydrogen-bond acceptors (Lipinski definition) is 5. The number of carbonyl (C=O) groups excluding carboxylic acids is 1. The topological polar surface area (TPSA) is 75.7 Å². The van der Waals surface area contributed by atoms with E-state index >= 15 is 4.39 Å². The van der Waals surface area contributed by atoms with Crippen molar-refractivity contribution >= 4 is 38.9 Å². The van der Waals surface area contributed by atoms with Gasteiger partial charge in [-0.2, -0.15) is 0 Å². The van der Waals surface area contributed by atoms with Gasteiger partial charge in [0.2, 0.25) is 9.84 Å². The van der Waals surface area contributed by atoms with Gasteiger partial charge in [0.25, 0.3) is 10.9 Å². The van der Waals surface area contributed by atoms with Crippen LogP contribution in [0.5, 0.6) is 5.75 Å². The standard InChI is InChI=1S/C30H28Cl2F2N2O4S/c1-36(29(37)25-8-3-4-9-26(25)32)17-6-18-40-27-10-5-2-7-21(27)20-35-28-19-23(33)15-16-30(28,34)41(38,39)24-13-11-22(31)12-14-24/h2-5,7-16,19,28,35H,6,17-18,20H2,1H3. The molecule has 0 heterocycles. The highest BCUT2D eigenvalue weighted by atomic mass is 35.5. The van der Waals surface area contributed by atoms with Gasteiger partial charge in [-0.15, -0.1) is 0 Å². The molecule has 1 aliphatic rings. The number of nitrogens with one attached hydrogen (secondary N) is 1. The van der Waals surface area contributed by atoms with Crippen molar-refractivity contribution in [3.63, 3.8) is 0 Å². The van der Waals surface area contributed by atoms with Crippen LogP contribution in [0.2, 0.25) is 10.0 Å². The van der Waals surface area contributed by atoms with Gasteiger partial charge < -0.3 is 15.0 Å². The normalized spacial score (nSPS) is 18.6. The number of para-hydroxylation sites is 1. The Kier molecular flexibility index (Phi) is 9.86. The fourth-order valence-electron chi connectivity index (χ4n) is 4.31. The van der Waals surface area contributed by atoms with Crippen LogP contribution in [-0.2, 0) is 16.4 Å². The molecule has 0 saturated heterocycles. The van der Waals surface area contributed by atoms with Gasteiger partial charge in [0, 0.05) is 30.7 Å². The summed E-state index contributed by atoms with van der Waals surface area (Å²) in [5.74, 6) is -0.478. The van der Waals surface area contributed by atoms with Crippen molar-refractivity contribution in [3.8, 4) is 5.75 Å². The van der Waals surface area contributed by atoms with Crippen molar-refractivity contribution in [2.24, 2.45) is 0 Å². The summed E-state index contributed by atoms with van der Waals surface area (Å²) in [6.07, 6.45) is 2.94. The first-order chi connectivity index (χ1) is 19.5. The van der Waals surface area contributed by atoms with Crippen molar-refractivity contribution in [2.75, 3.05) is 20.2 Å². The Morgan fingerprint density at radius 3 is 2.46 bits per heavy atom. The number of halogens is 4. The van der Waals surface area contributed by atoms with E-state index in [0.29, 0.717) is 46.0 Å². The highest BCUT2D eigenvalue weighted by Gasteiger charge is 2.50. The first-order valence-corrected chi connectivity index (χ1v) is 15.0. The van der Waals surface area contributed by atoms with E-state index in [-0.39, 0.29) is 24.0 Å². The highest BCUT2D eigenvalue weighted by Crippen LogP contribution is 2.37. The Morgan fingerprint density at radius 2 is 1.73 bits per heavy atom. The van der Waals surface area contributed by atoms with Crippen LogP contribution in [0.25, 0.3) is 0 Å². The van der Waals surface area contributed by atoms with E-state index in [1.54, 1.807) is 60.5 Å². The molecule has 11 heteroatoms. The van der Waals surface area contributed by atoms with E-state index in [4.69, 9.17) is 27.9 Å². The van der Waals surface area contributed by atoms with Crippen LogP contribution in [-0.4, -0.2) is 50.5 Å². The van der Waals surface area contributed by atoms with Gasteiger partial charge in [0.1, 0.15) is 11.6 Å². The van der Waals surface area contributed by atoms with Crippen LogP contribution >= 0.6 is 23.2 Å². The highest BCUT2D eigenvalue weighted by molar-refractivity contribution is 7.93. The second kappa shape index (κ2) is 13.2. The van der Waals surface area contributed by atoms with E-state index in [0.717, 1.165) is 12.2 Å². The fraction of sp³-hybridized carbons (Fsp3) is 0.233. The van der Waals surface area contributed by atoms with Crippen molar-refractivity contribution in [2.45, 2.75) is 28.9 Å². The number of alkyl halides is 1. The summed E-state index contributed by atoms with van der Waals surface area (Å²) < 4.78 is 62.9. The summed E-state index contributed by atoms with van der Waals surface area (Å²) in [7, 11) is -2.90. The molecule has 0 aromatic heterocycles. The number of rotatable bonds is 11. The third kappa shape index (κ3) is 6.98. The van der Waals surface area contributed by atoms with Gasteiger partial charge >= 0.3 is 0 Å². The largest absolute Gasteiger partial charge is 0.493 e. The maximum atomic E-state index is 16.3. The lowest BCUT2D eigenvalue weighted by atomic mass is 10.0. The number of ether oxygens (including phenoxy) is 1. The van der Waals surface area contributed by atoms with Crippen LogP contribution < -0.4 is 10.1 Å². The van der Waals surface area contributed by atoms with Gasteiger partial charge in [-0.05, 0) is 67.1 Å². The predicted molar refractivity (Wildman–Crippen MR) is 156 cm³/mol. The molecule has 0 spiro atoms. The predicted octanol–water partition coefficient (Wildman–Crippen LogP) is 6.56. The van der Waals surface area contributed by atoms with Crippen molar-refractivity contribution < 1.29 is 26.7 Å². The molecule has 6 nitrogen and oxygen atoms in total. The number of benzene rings is 3. The molecular formula is C30H28Cl2F2N2O4S. The monoisotopic (exact) mass is 620 g/mol. The van der Waals surface area contributed by atoms with Crippen molar-refractivity contribution in [1.82, 2.24) is 10.2 Å². The van der Waals surface area contributed by atoms with Gasteiger partial charge in [0.05, 0.1) is 28.1 Å². The number of sulfone groups is 1. The zero-order chi connectivity index (χ0) is 29.6. The SMILES string of the molecule is CN(CCCOc1ccccc1CNC1C=C(F)C=CC1(F)S(=O)(=O)c1ccc(Cl)cc1)C(=O)c1ccccc1Cl. The van der Waals surface area contributed by atoms with E-state index < -0.39 is 26.7 Å². The summed E-state index contributed by atoms with van der Waals surface area (Å²) in [6, 6.07) is 17.4. The molecule has 0 aliphatic heterocycles. The molecule has 1 aliphatic carbocycles. The van der Waals surface area contributed by atoms with Crippen LogP contribution in [0.1, 0.15) is 22.3 Å². The van der Waals surface area contributed by atoms with Crippen LogP contribution in [0.15, 0.2) is 102 Å². The maximum absolute atomic E-state index is 16.3. The lowest BCUT2D eigenvalue weighted by Gasteiger charge is -2.32.